The van der Waals surface area contributed by atoms with Crippen molar-refractivity contribution in [3.63, 3.8) is 0 Å². The van der Waals surface area contributed by atoms with Crippen LogP contribution < -0.4 is 4.90 Å². The summed E-state index contributed by atoms with van der Waals surface area (Å²) in [6.45, 7) is 2.24. The highest BCUT2D eigenvalue weighted by Crippen LogP contribution is 2.65. The van der Waals surface area contributed by atoms with Crippen LogP contribution >= 0.6 is 0 Å². The molecule has 0 spiro atoms. The number of amides is 2. The molecule has 2 saturated heterocycles. The number of nitro benzene ring substituents is 1. The van der Waals surface area contributed by atoms with Gasteiger partial charge in [-0.15, -0.1) is 0 Å². The first-order chi connectivity index (χ1) is 15.0. The van der Waals surface area contributed by atoms with Gasteiger partial charge in [0.1, 0.15) is 5.69 Å². The Morgan fingerprint density at radius 3 is 2.32 bits per heavy atom. The maximum Gasteiger partial charge on any atom is 0.293 e. The number of morpholine rings is 1. The molecule has 4 aliphatic carbocycles. The second-order valence-corrected chi connectivity index (χ2v) is 8.99. The zero-order valence-electron chi connectivity index (χ0n) is 16.8. The number of benzene rings is 1. The summed E-state index contributed by atoms with van der Waals surface area (Å²) in [7, 11) is 0. The first kappa shape index (κ1) is 18.7. The molecule has 2 heterocycles. The van der Waals surface area contributed by atoms with Crippen LogP contribution in [0.1, 0.15) is 12.0 Å². The molecular weight excluding hydrogens is 400 g/mol. The molecule has 2 saturated carbocycles. The van der Waals surface area contributed by atoms with Gasteiger partial charge in [-0.05, 0) is 36.2 Å². The van der Waals surface area contributed by atoms with Crippen molar-refractivity contribution in [3.8, 4) is 0 Å². The third-order valence-corrected chi connectivity index (χ3v) is 7.51. The number of rotatable bonds is 4. The molecule has 2 aliphatic heterocycles. The minimum atomic E-state index is -0.418. The van der Waals surface area contributed by atoms with E-state index in [-0.39, 0.29) is 41.2 Å². The zero-order chi connectivity index (χ0) is 21.3. The summed E-state index contributed by atoms with van der Waals surface area (Å²) in [5.74, 6) is 0.268. The maximum absolute atomic E-state index is 13.0. The molecule has 0 radical (unpaired) electrons. The van der Waals surface area contributed by atoms with Crippen LogP contribution in [0.2, 0.25) is 0 Å². The lowest BCUT2D eigenvalue weighted by atomic mass is 9.63. The average Bonchev–Trinajstić information content (AvgIpc) is 3.57. The highest BCUT2D eigenvalue weighted by atomic mass is 16.6. The van der Waals surface area contributed by atoms with Gasteiger partial charge in [-0.3, -0.25) is 19.7 Å². The molecule has 1 aromatic carbocycles. The van der Waals surface area contributed by atoms with E-state index in [0.717, 1.165) is 11.4 Å². The Hall–Kier alpha value is -3.07. The minimum Gasteiger partial charge on any atom is -0.378 e. The highest BCUT2D eigenvalue weighted by molar-refractivity contribution is 6.06. The van der Waals surface area contributed by atoms with Crippen LogP contribution in [0.15, 0.2) is 35.5 Å². The van der Waals surface area contributed by atoms with Crippen molar-refractivity contribution in [2.24, 2.45) is 40.6 Å². The van der Waals surface area contributed by atoms with Crippen molar-refractivity contribution in [1.29, 1.82) is 0 Å². The van der Waals surface area contributed by atoms with E-state index in [1.807, 2.05) is 4.90 Å². The Kier molecular flexibility index (Phi) is 4.05. The number of nitro groups is 1. The lowest BCUT2D eigenvalue weighted by Crippen LogP contribution is -2.40. The molecule has 2 amide bonds. The highest BCUT2D eigenvalue weighted by Gasteiger charge is 2.67. The molecule has 9 nitrogen and oxygen atoms in total. The van der Waals surface area contributed by atoms with Crippen LogP contribution in [0.5, 0.6) is 0 Å². The fourth-order valence-electron chi connectivity index (χ4n) is 6.02. The van der Waals surface area contributed by atoms with Crippen LogP contribution in [0.25, 0.3) is 0 Å². The Labute approximate surface area is 178 Å². The predicted octanol–water partition coefficient (Wildman–Crippen LogP) is 1.82. The third-order valence-electron chi connectivity index (χ3n) is 7.51. The zero-order valence-corrected chi connectivity index (χ0v) is 16.8. The summed E-state index contributed by atoms with van der Waals surface area (Å²) in [6, 6.07) is 4.85. The molecule has 7 rings (SSSR count). The SMILES string of the molecule is O=C1[C@@H]2[C@H]3C=C[C@@H]([C@@H]4C[C@H]34)[C@@H]2C(=O)N1/N=C\c1ccc(N2CCOCC2)c([N+](=O)[O-])c1. The van der Waals surface area contributed by atoms with E-state index in [1.54, 1.807) is 12.1 Å². The van der Waals surface area contributed by atoms with Crippen LogP contribution in [-0.4, -0.2) is 54.3 Å². The fraction of sp³-hybridized carbons (Fsp3) is 0.500. The van der Waals surface area contributed by atoms with Gasteiger partial charge in [0.2, 0.25) is 0 Å². The van der Waals surface area contributed by atoms with Crippen LogP contribution in [0.3, 0.4) is 0 Å². The molecule has 6 atom stereocenters. The molecule has 160 valence electrons. The van der Waals surface area contributed by atoms with Crippen molar-refractivity contribution >= 4 is 29.4 Å². The molecule has 0 N–H and O–H groups in total. The molecule has 6 aliphatic rings. The summed E-state index contributed by atoms with van der Waals surface area (Å²) in [5, 5.41) is 16.8. The van der Waals surface area contributed by atoms with E-state index >= 15 is 0 Å². The van der Waals surface area contributed by atoms with E-state index in [9.17, 15) is 19.7 Å². The summed E-state index contributed by atoms with van der Waals surface area (Å²) < 4.78 is 5.32. The smallest absolute Gasteiger partial charge is 0.293 e. The van der Waals surface area contributed by atoms with E-state index < -0.39 is 4.92 Å². The van der Waals surface area contributed by atoms with Crippen molar-refractivity contribution in [3.05, 3.63) is 46.0 Å². The minimum absolute atomic E-state index is 0.0269. The topological polar surface area (TPSA) is 105 Å². The predicted molar refractivity (Wildman–Crippen MR) is 110 cm³/mol. The number of carbonyl (C=O) groups excluding carboxylic acids is 2. The van der Waals surface area contributed by atoms with Gasteiger partial charge in [0, 0.05) is 24.7 Å². The van der Waals surface area contributed by atoms with Gasteiger partial charge >= 0.3 is 0 Å². The normalized spacial score (nSPS) is 35.6. The van der Waals surface area contributed by atoms with Crippen LogP contribution in [0, 0.1) is 45.6 Å². The molecule has 0 unspecified atom stereocenters. The van der Waals surface area contributed by atoms with Crippen molar-refractivity contribution in [1.82, 2.24) is 5.01 Å². The second-order valence-electron chi connectivity index (χ2n) is 8.99. The molecule has 0 aromatic heterocycles. The summed E-state index contributed by atoms with van der Waals surface area (Å²) in [5.41, 5.74) is 0.982. The van der Waals surface area contributed by atoms with Gasteiger partial charge in [0.25, 0.3) is 17.5 Å². The number of imide groups is 1. The summed E-state index contributed by atoms with van der Waals surface area (Å²) >= 11 is 0. The maximum atomic E-state index is 13.0. The lowest BCUT2D eigenvalue weighted by molar-refractivity contribution is -0.384. The third kappa shape index (κ3) is 2.76. The Bertz CT molecular complexity index is 1010. The van der Waals surface area contributed by atoms with Gasteiger partial charge in [0.15, 0.2) is 0 Å². The number of anilines is 1. The van der Waals surface area contributed by atoms with Crippen molar-refractivity contribution in [2.75, 3.05) is 31.2 Å². The summed E-state index contributed by atoms with van der Waals surface area (Å²) in [6.07, 6.45) is 6.72. The van der Waals surface area contributed by atoms with Crippen molar-refractivity contribution < 1.29 is 19.2 Å². The van der Waals surface area contributed by atoms with Gasteiger partial charge in [-0.2, -0.15) is 10.1 Å². The molecule has 9 heteroatoms. The monoisotopic (exact) mass is 422 g/mol. The first-order valence-electron chi connectivity index (χ1n) is 10.8. The molecule has 2 bridgehead atoms. The number of carbonyl (C=O) groups is 2. The fourth-order valence-corrected chi connectivity index (χ4v) is 6.02. The summed E-state index contributed by atoms with van der Waals surface area (Å²) in [4.78, 5) is 39.1. The van der Waals surface area contributed by atoms with E-state index in [2.05, 4.69) is 17.3 Å². The van der Waals surface area contributed by atoms with E-state index in [1.165, 1.54) is 12.3 Å². The average molecular weight is 422 g/mol. The number of hydrogen-bond donors (Lipinski definition) is 0. The van der Waals surface area contributed by atoms with Gasteiger partial charge in [-0.1, -0.05) is 18.2 Å². The van der Waals surface area contributed by atoms with Crippen molar-refractivity contribution in [2.45, 2.75) is 6.42 Å². The van der Waals surface area contributed by atoms with E-state index in [0.29, 0.717) is 49.4 Å². The van der Waals surface area contributed by atoms with Crippen LogP contribution in [-0.2, 0) is 14.3 Å². The number of hydrazone groups is 1. The Morgan fingerprint density at radius 1 is 1.06 bits per heavy atom. The number of ether oxygens (including phenoxy) is 1. The Morgan fingerprint density at radius 2 is 1.71 bits per heavy atom. The van der Waals surface area contributed by atoms with Gasteiger partial charge < -0.3 is 9.64 Å². The van der Waals surface area contributed by atoms with E-state index in [4.69, 9.17) is 4.74 Å². The lowest BCUT2D eigenvalue weighted by Gasteiger charge is -2.37. The molecule has 4 fully saturated rings. The number of hydrogen-bond acceptors (Lipinski definition) is 7. The quantitative estimate of drug-likeness (QED) is 0.241. The Balaban J connectivity index is 1.26. The number of allylic oxidation sites excluding steroid dienone is 2. The second kappa shape index (κ2) is 6.71. The standard InChI is InChI=1S/C22H22N4O5/c27-21-19-13-2-3-14(16-10-15(13)16)20(19)22(28)25(21)23-11-12-1-4-17(18(9-12)26(29)30)24-5-7-31-8-6-24/h1-4,9,11,13-16,19-20H,5-8,10H2/b23-11-/t13-,14-,15-,16+,19-,20+/m0/s1. The van der Waals surface area contributed by atoms with Crippen LogP contribution in [0.4, 0.5) is 11.4 Å². The molecular formula is C22H22N4O5. The molecule has 31 heavy (non-hydrogen) atoms. The van der Waals surface area contributed by atoms with Gasteiger partial charge in [0.05, 0.1) is 36.2 Å². The van der Waals surface area contributed by atoms with Gasteiger partial charge in [-0.25, -0.2) is 0 Å². The molecule has 1 aromatic rings. The number of nitrogens with zero attached hydrogens (tertiary/aromatic N) is 4. The largest absolute Gasteiger partial charge is 0.378 e. The first-order valence-corrected chi connectivity index (χ1v) is 10.8.